The van der Waals surface area contributed by atoms with Crippen LogP contribution in [0.3, 0.4) is 0 Å². The number of anilines is 1. The Balaban J connectivity index is 1.75. The number of rotatable bonds is 2. The molecule has 0 bridgehead atoms. The van der Waals surface area contributed by atoms with Gasteiger partial charge in [0.1, 0.15) is 0 Å². The molecule has 1 aliphatic carbocycles. The fourth-order valence-electron chi connectivity index (χ4n) is 3.83. The lowest BCUT2D eigenvalue weighted by Crippen LogP contribution is -2.41. The first-order chi connectivity index (χ1) is 10.2. The number of nitrogens with two attached hydrogens (primary N) is 1. The van der Waals surface area contributed by atoms with Gasteiger partial charge in [-0.15, -0.1) is 0 Å². The minimum absolute atomic E-state index is 0.210. The van der Waals surface area contributed by atoms with Crippen LogP contribution in [0, 0.1) is 5.92 Å². The SMILES string of the molecule is CC1CCN(C(=O)CC2CCCCC2N)c2ccccc21. The van der Waals surface area contributed by atoms with Crippen molar-refractivity contribution in [3.05, 3.63) is 29.8 Å². The van der Waals surface area contributed by atoms with E-state index in [-0.39, 0.29) is 11.9 Å². The van der Waals surface area contributed by atoms with Crippen LogP contribution in [0.4, 0.5) is 5.69 Å². The molecule has 2 aliphatic rings. The van der Waals surface area contributed by atoms with Gasteiger partial charge in [-0.3, -0.25) is 4.79 Å². The van der Waals surface area contributed by atoms with Gasteiger partial charge in [0.2, 0.25) is 5.91 Å². The molecule has 1 saturated carbocycles. The van der Waals surface area contributed by atoms with Gasteiger partial charge >= 0.3 is 0 Å². The average Bonchev–Trinajstić information content (AvgIpc) is 2.50. The molecule has 1 aromatic rings. The summed E-state index contributed by atoms with van der Waals surface area (Å²) in [7, 11) is 0. The Morgan fingerprint density at radius 3 is 2.81 bits per heavy atom. The fraction of sp³-hybridized carbons (Fsp3) is 0.611. The van der Waals surface area contributed by atoms with Crippen LogP contribution in [0.15, 0.2) is 24.3 Å². The first-order valence-corrected chi connectivity index (χ1v) is 8.31. The predicted molar refractivity (Wildman–Crippen MR) is 86.4 cm³/mol. The maximum absolute atomic E-state index is 12.8. The van der Waals surface area contributed by atoms with E-state index in [1.807, 2.05) is 11.0 Å². The lowest BCUT2D eigenvalue weighted by atomic mass is 9.82. The highest BCUT2D eigenvalue weighted by molar-refractivity contribution is 5.94. The Labute approximate surface area is 127 Å². The summed E-state index contributed by atoms with van der Waals surface area (Å²) in [5, 5.41) is 0. The van der Waals surface area contributed by atoms with Crippen LogP contribution in [0.5, 0.6) is 0 Å². The van der Waals surface area contributed by atoms with Crippen LogP contribution < -0.4 is 10.6 Å². The zero-order chi connectivity index (χ0) is 14.8. The summed E-state index contributed by atoms with van der Waals surface area (Å²) in [5.74, 6) is 1.18. The van der Waals surface area contributed by atoms with Gasteiger partial charge in [0.25, 0.3) is 0 Å². The third-order valence-electron chi connectivity index (χ3n) is 5.25. The summed E-state index contributed by atoms with van der Waals surface area (Å²) in [6.45, 7) is 3.09. The summed E-state index contributed by atoms with van der Waals surface area (Å²) in [5.41, 5.74) is 8.63. The number of carbonyl (C=O) groups is 1. The molecule has 3 rings (SSSR count). The molecule has 1 aliphatic heterocycles. The predicted octanol–water partition coefficient (Wildman–Crippen LogP) is 3.43. The quantitative estimate of drug-likeness (QED) is 0.905. The number of hydrogen-bond acceptors (Lipinski definition) is 2. The second-order valence-electron chi connectivity index (χ2n) is 6.71. The largest absolute Gasteiger partial charge is 0.327 e. The van der Waals surface area contributed by atoms with Crippen molar-refractivity contribution in [1.82, 2.24) is 0 Å². The molecule has 1 heterocycles. The highest BCUT2D eigenvalue weighted by Crippen LogP contribution is 2.36. The summed E-state index contributed by atoms with van der Waals surface area (Å²) in [4.78, 5) is 14.7. The Morgan fingerprint density at radius 2 is 2.00 bits per heavy atom. The van der Waals surface area contributed by atoms with Crippen molar-refractivity contribution in [1.29, 1.82) is 0 Å². The summed E-state index contributed by atoms with van der Waals surface area (Å²) in [6.07, 6.45) is 6.29. The molecule has 0 spiro atoms. The summed E-state index contributed by atoms with van der Waals surface area (Å²) in [6, 6.07) is 8.56. The van der Waals surface area contributed by atoms with Crippen molar-refractivity contribution < 1.29 is 4.79 Å². The van der Waals surface area contributed by atoms with Gasteiger partial charge in [-0.1, -0.05) is 38.0 Å². The monoisotopic (exact) mass is 286 g/mol. The zero-order valence-corrected chi connectivity index (χ0v) is 12.9. The third kappa shape index (κ3) is 2.98. The van der Waals surface area contributed by atoms with Crippen molar-refractivity contribution in [3.8, 4) is 0 Å². The lowest BCUT2D eigenvalue weighted by molar-refractivity contribution is -0.120. The first kappa shape index (κ1) is 14.6. The Kier molecular flexibility index (Phi) is 4.29. The molecule has 1 aromatic carbocycles. The van der Waals surface area contributed by atoms with Gasteiger partial charge in [-0.25, -0.2) is 0 Å². The van der Waals surface area contributed by atoms with E-state index in [2.05, 4.69) is 25.1 Å². The van der Waals surface area contributed by atoms with Gasteiger partial charge in [-0.2, -0.15) is 0 Å². The molecule has 3 nitrogen and oxygen atoms in total. The Morgan fingerprint density at radius 1 is 1.24 bits per heavy atom. The second kappa shape index (κ2) is 6.18. The zero-order valence-electron chi connectivity index (χ0n) is 12.9. The van der Waals surface area contributed by atoms with E-state index in [0.29, 0.717) is 18.3 Å². The van der Waals surface area contributed by atoms with Gasteiger partial charge in [0, 0.05) is 24.7 Å². The van der Waals surface area contributed by atoms with E-state index < -0.39 is 0 Å². The maximum atomic E-state index is 12.8. The molecule has 0 aromatic heterocycles. The van der Waals surface area contributed by atoms with Gasteiger partial charge in [-0.05, 0) is 42.7 Å². The van der Waals surface area contributed by atoms with Crippen molar-refractivity contribution in [2.24, 2.45) is 11.7 Å². The fourth-order valence-corrected chi connectivity index (χ4v) is 3.83. The first-order valence-electron chi connectivity index (χ1n) is 8.31. The third-order valence-corrected chi connectivity index (χ3v) is 5.25. The number of carbonyl (C=O) groups excluding carboxylic acids is 1. The Hall–Kier alpha value is -1.35. The molecule has 0 radical (unpaired) electrons. The molecular formula is C18H26N2O. The maximum Gasteiger partial charge on any atom is 0.227 e. The van der Waals surface area contributed by atoms with Crippen LogP contribution in [-0.4, -0.2) is 18.5 Å². The van der Waals surface area contributed by atoms with Gasteiger partial charge < -0.3 is 10.6 Å². The molecule has 1 fully saturated rings. The normalized spacial score (nSPS) is 29.0. The molecule has 114 valence electrons. The van der Waals surface area contributed by atoms with E-state index in [1.54, 1.807) is 0 Å². The topological polar surface area (TPSA) is 46.3 Å². The van der Waals surface area contributed by atoms with Crippen LogP contribution >= 0.6 is 0 Å². The minimum Gasteiger partial charge on any atom is -0.327 e. The number of nitrogens with zero attached hydrogens (tertiary/aromatic N) is 1. The number of hydrogen-bond donors (Lipinski definition) is 1. The summed E-state index contributed by atoms with van der Waals surface area (Å²) >= 11 is 0. The molecule has 1 amide bonds. The van der Waals surface area contributed by atoms with E-state index in [1.165, 1.54) is 18.4 Å². The molecule has 3 atom stereocenters. The average molecular weight is 286 g/mol. The molecular weight excluding hydrogens is 260 g/mol. The molecule has 3 unspecified atom stereocenters. The van der Waals surface area contributed by atoms with E-state index in [0.717, 1.165) is 31.5 Å². The summed E-state index contributed by atoms with van der Waals surface area (Å²) < 4.78 is 0. The second-order valence-corrected chi connectivity index (χ2v) is 6.71. The van der Waals surface area contributed by atoms with Gasteiger partial charge in [0.15, 0.2) is 0 Å². The number of para-hydroxylation sites is 1. The van der Waals surface area contributed by atoms with Crippen LogP contribution in [0.25, 0.3) is 0 Å². The van der Waals surface area contributed by atoms with E-state index in [9.17, 15) is 4.79 Å². The Bertz CT molecular complexity index is 514. The number of fused-ring (bicyclic) bond motifs is 1. The van der Waals surface area contributed by atoms with Crippen LogP contribution in [0.1, 0.15) is 56.9 Å². The highest BCUT2D eigenvalue weighted by atomic mass is 16.2. The van der Waals surface area contributed by atoms with E-state index >= 15 is 0 Å². The highest BCUT2D eigenvalue weighted by Gasteiger charge is 2.30. The van der Waals surface area contributed by atoms with Crippen molar-refractivity contribution in [2.45, 2.75) is 57.4 Å². The van der Waals surface area contributed by atoms with Crippen LogP contribution in [-0.2, 0) is 4.79 Å². The standard InChI is InChI=1S/C18H26N2O/c1-13-10-11-20(17-9-5-3-7-15(13)17)18(21)12-14-6-2-4-8-16(14)19/h3,5,7,9,13-14,16H,2,4,6,8,10-12,19H2,1H3. The van der Waals surface area contributed by atoms with Crippen LogP contribution in [0.2, 0.25) is 0 Å². The van der Waals surface area contributed by atoms with Gasteiger partial charge in [0.05, 0.1) is 0 Å². The minimum atomic E-state index is 0.210. The smallest absolute Gasteiger partial charge is 0.227 e. The molecule has 3 heteroatoms. The number of amides is 1. The van der Waals surface area contributed by atoms with E-state index in [4.69, 9.17) is 5.73 Å². The van der Waals surface area contributed by atoms with Crippen molar-refractivity contribution in [2.75, 3.05) is 11.4 Å². The van der Waals surface area contributed by atoms with Crippen molar-refractivity contribution >= 4 is 11.6 Å². The van der Waals surface area contributed by atoms with Crippen molar-refractivity contribution in [3.63, 3.8) is 0 Å². The molecule has 21 heavy (non-hydrogen) atoms. The lowest BCUT2D eigenvalue weighted by Gasteiger charge is -2.35. The number of benzene rings is 1. The molecule has 2 N–H and O–H groups in total. The molecule has 0 saturated heterocycles.